The van der Waals surface area contributed by atoms with Crippen LogP contribution in [0.3, 0.4) is 0 Å². The number of imide groups is 1. The smallest absolute Gasteiger partial charge is 0.255 e. The Labute approximate surface area is 300 Å². The van der Waals surface area contributed by atoms with E-state index in [-0.39, 0.29) is 24.1 Å². The van der Waals surface area contributed by atoms with Crippen LogP contribution in [0.25, 0.3) is 0 Å². The van der Waals surface area contributed by atoms with Gasteiger partial charge >= 0.3 is 0 Å². The van der Waals surface area contributed by atoms with Gasteiger partial charge < -0.3 is 19.8 Å². The molecule has 9 nitrogen and oxygen atoms in total. The van der Waals surface area contributed by atoms with Crippen molar-refractivity contribution in [3.8, 4) is 5.75 Å². The second kappa shape index (κ2) is 13.0. The van der Waals surface area contributed by atoms with Crippen LogP contribution in [0.4, 0.5) is 11.4 Å². The maximum atomic E-state index is 13.1. The van der Waals surface area contributed by atoms with Crippen molar-refractivity contribution in [3.05, 3.63) is 88.5 Å². The molecule has 1 saturated carbocycles. The van der Waals surface area contributed by atoms with Gasteiger partial charge in [-0.1, -0.05) is 24.6 Å². The number of hydrogen-bond acceptors (Lipinski definition) is 7. The van der Waals surface area contributed by atoms with Crippen molar-refractivity contribution in [3.63, 3.8) is 0 Å². The molecule has 0 radical (unpaired) electrons. The highest BCUT2D eigenvalue weighted by molar-refractivity contribution is 6.05. The lowest BCUT2D eigenvalue weighted by atomic mass is 9.52. The number of carbonyl (C=O) groups is 3. The summed E-state index contributed by atoms with van der Waals surface area (Å²) in [6, 6.07) is 21.1. The number of nitrogens with one attached hydrogen (secondary N) is 1. The zero-order valence-corrected chi connectivity index (χ0v) is 29.5. The third-order valence-electron chi connectivity index (χ3n) is 13.3. The third-order valence-corrected chi connectivity index (χ3v) is 13.3. The lowest BCUT2D eigenvalue weighted by Crippen LogP contribution is -2.52. The highest BCUT2D eigenvalue weighted by Gasteiger charge is 2.48. The number of nitrogens with zero attached hydrogens (tertiary/aromatic N) is 4. The Morgan fingerprint density at radius 2 is 1.49 bits per heavy atom. The summed E-state index contributed by atoms with van der Waals surface area (Å²) < 4.78 is 0. The number of anilines is 2. The molecule has 3 aromatic rings. The van der Waals surface area contributed by atoms with E-state index in [1.165, 1.54) is 60.9 Å². The highest BCUT2D eigenvalue weighted by atomic mass is 16.3. The Morgan fingerprint density at radius 3 is 2.22 bits per heavy atom. The van der Waals surface area contributed by atoms with Crippen molar-refractivity contribution < 1.29 is 19.5 Å². The Balaban J connectivity index is 0.769. The Kier molecular flexibility index (Phi) is 8.29. The Hall–Kier alpha value is -4.37. The van der Waals surface area contributed by atoms with Crippen molar-refractivity contribution in [2.45, 2.75) is 76.3 Å². The van der Waals surface area contributed by atoms with E-state index >= 15 is 0 Å². The number of phenolic OH excluding ortho intramolecular Hbond substituents is 1. The summed E-state index contributed by atoms with van der Waals surface area (Å²) in [6.07, 6.45) is 9.34. The summed E-state index contributed by atoms with van der Waals surface area (Å²) in [6.45, 7) is 7.76. The first-order valence-electron chi connectivity index (χ1n) is 19.3. The molecule has 4 fully saturated rings. The van der Waals surface area contributed by atoms with Crippen LogP contribution in [-0.4, -0.2) is 84.5 Å². The quantitative estimate of drug-likeness (QED) is 0.334. The molecule has 51 heavy (non-hydrogen) atoms. The molecule has 1 unspecified atom stereocenters. The van der Waals surface area contributed by atoms with Crippen molar-refractivity contribution in [1.82, 2.24) is 15.1 Å². The number of piperidine rings is 2. The fraction of sp³-hybridized carbons (Fsp3) is 0.500. The summed E-state index contributed by atoms with van der Waals surface area (Å²) in [5, 5.41) is 12.5. The number of phenols is 1. The van der Waals surface area contributed by atoms with E-state index in [1.807, 2.05) is 24.3 Å². The first-order chi connectivity index (χ1) is 24.8. The number of rotatable bonds is 6. The normalized spacial score (nSPS) is 25.1. The van der Waals surface area contributed by atoms with Crippen LogP contribution in [0.5, 0.6) is 5.75 Å². The average molecular weight is 688 g/mol. The van der Waals surface area contributed by atoms with Crippen molar-refractivity contribution in [1.29, 1.82) is 0 Å². The summed E-state index contributed by atoms with van der Waals surface area (Å²) in [5.41, 5.74) is 8.69. The minimum absolute atomic E-state index is 0.117. The number of fused-ring (bicyclic) bond motifs is 2. The van der Waals surface area contributed by atoms with Crippen LogP contribution >= 0.6 is 0 Å². The van der Waals surface area contributed by atoms with Crippen molar-refractivity contribution in [2.75, 3.05) is 55.6 Å². The maximum absolute atomic E-state index is 13.1. The monoisotopic (exact) mass is 687 g/mol. The Bertz CT molecular complexity index is 1840. The van der Waals surface area contributed by atoms with Crippen molar-refractivity contribution >= 4 is 29.1 Å². The molecule has 4 heterocycles. The number of aromatic hydroxyl groups is 1. The van der Waals surface area contributed by atoms with Crippen LogP contribution in [0.1, 0.15) is 89.9 Å². The van der Waals surface area contributed by atoms with E-state index in [2.05, 4.69) is 56.4 Å². The Morgan fingerprint density at radius 1 is 0.745 bits per heavy atom. The minimum atomic E-state index is -0.580. The van der Waals surface area contributed by atoms with Gasteiger partial charge in [0.1, 0.15) is 11.8 Å². The summed E-state index contributed by atoms with van der Waals surface area (Å²) >= 11 is 0. The summed E-state index contributed by atoms with van der Waals surface area (Å²) in [4.78, 5) is 46.4. The fourth-order valence-electron chi connectivity index (χ4n) is 10.2. The first-order valence-corrected chi connectivity index (χ1v) is 19.3. The van der Waals surface area contributed by atoms with Gasteiger partial charge in [-0.3, -0.25) is 24.6 Å². The molecule has 266 valence electrons. The van der Waals surface area contributed by atoms with E-state index < -0.39 is 6.04 Å². The predicted octanol–water partition coefficient (Wildman–Crippen LogP) is 5.44. The van der Waals surface area contributed by atoms with E-state index in [9.17, 15) is 19.5 Å². The summed E-state index contributed by atoms with van der Waals surface area (Å²) in [7, 11) is 0. The van der Waals surface area contributed by atoms with Crippen LogP contribution in [-0.2, 0) is 22.6 Å². The van der Waals surface area contributed by atoms with Gasteiger partial charge in [0.15, 0.2) is 0 Å². The molecule has 2 aliphatic carbocycles. The number of hydrogen-bond donors (Lipinski definition) is 2. The zero-order chi connectivity index (χ0) is 34.7. The fourth-order valence-corrected chi connectivity index (χ4v) is 10.2. The van der Waals surface area contributed by atoms with E-state index in [4.69, 9.17) is 0 Å². The van der Waals surface area contributed by atoms with Gasteiger partial charge in [-0.2, -0.15) is 0 Å². The largest absolute Gasteiger partial charge is 0.508 e. The number of aryl methyl sites for hydroxylation is 1. The van der Waals surface area contributed by atoms with Gasteiger partial charge in [0, 0.05) is 81.6 Å². The molecule has 6 aliphatic rings. The maximum Gasteiger partial charge on any atom is 0.255 e. The number of piperazine rings is 1. The standard InChI is InChI=1S/C42H49N5O4/c48-34-7-9-35-30(25-34)12-17-42(15-1-16-42)39(35)29-2-4-32(5-3-29)45-18-13-28(14-19-45)26-44-20-22-46(23-21-44)33-6-8-36-31(24-33)27-47(41(36)51)37-10-11-38(49)43-40(37)50/h2-9,24-25,28,37,39,48H,1,10-23,26-27H2,(H,43,49,50)/t37?,39-/m1/s1. The molecule has 0 bridgehead atoms. The van der Waals surface area contributed by atoms with Crippen LogP contribution < -0.4 is 15.1 Å². The molecule has 3 amide bonds. The SMILES string of the molecule is O=C1CCC(N2Cc3cc(N4CCN(CC5CCN(c6ccc([C@@H]7c8ccc(O)cc8CCC78CCC8)cc6)CC5)CC4)ccc3C2=O)C(=O)N1. The lowest BCUT2D eigenvalue weighted by molar-refractivity contribution is -0.136. The van der Waals surface area contributed by atoms with E-state index in [0.29, 0.717) is 41.5 Å². The molecule has 2 N–H and O–H groups in total. The van der Waals surface area contributed by atoms with Crippen LogP contribution in [0, 0.1) is 11.3 Å². The molecule has 3 saturated heterocycles. The zero-order valence-electron chi connectivity index (χ0n) is 29.5. The number of carbonyl (C=O) groups excluding carboxylic acids is 3. The van der Waals surface area contributed by atoms with Gasteiger partial charge in [0.2, 0.25) is 11.8 Å². The molecular weight excluding hydrogens is 638 g/mol. The average Bonchev–Trinajstić information content (AvgIpc) is 3.46. The molecule has 1 spiro atoms. The molecule has 2 atom stereocenters. The first kappa shape index (κ1) is 32.5. The second-order valence-electron chi connectivity index (χ2n) is 16.1. The van der Waals surface area contributed by atoms with Crippen molar-refractivity contribution in [2.24, 2.45) is 11.3 Å². The van der Waals surface area contributed by atoms with E-state index in [0.717, 1.165) is 63.5 Å². The van der Waals surface area contributed by atoms with E-state index in [1.54, 1.807) is 4.90 Å². The van der Waals surface area contributed by atoms with Gasteiger partial charge in [-0.15, -0.1) is 0 Å². The third kappa shape index (κ3) is 5.97. The van der Waals surface area contributed by atoms with Gasteiger partial charge in [-0.25, -0.2) is 0 Å². The molecule has 9 rings (SSSR count). The molecule has 4 aliphatic heterocycles. The topological polar surface area (TPSA) is 96.4 Å². The number of amides is 3. The molecule has 0 aromatic heterocycles. The van der Waals surface area contributed by atoms with Gasteiger partial charge in [0.25, 0.3) is 5.91 Å². The highest BCUT2D eigenvalue weighted by Crippen LogP contribution is 2.60. The summed E-state index contributed by atoms with van der Waals surface area (Å²) in [5.74, 6) is 0.780. The molecule has 3 aromatic carbocycles. The van der Waals surface area contributed by atoms with Crippen LogP contribution in [0.15, 0.2) is 60.7 Å². The van der Waals surface area contributed by atoms with Gasteiger partial charge in [0.05, 0.1) is 0 Å². The lowest BCUT2D eigenvalue weighted by Gasteiger charge is -2.52. The molecule has 9 heteroatoms. The van der Waals surface area contributed by atoms with Gasteiger partial charge in [-0.05, 0) is 121 Å². The number of benzene rings is 3. The molecular formula is C42H49N5O4. The van der Waals surface area contributed by atoms with Crippen LogP contribution in [0.2, 0.25) is 0 Å². The minimum Gasteiger partial charge on any atom is -0.508 e. The predicted molar refractivity (Wildman–Crippen MR) is 197 cm³/mol. The second-order valence-corrected chi connectivity index (χ2v) is 16.1.